The van der Waals surface area contributed by atoms with Gasteiger partial charge in [0.1, 0.15) is 28.9 Å². The van der Waals surface area contributed by atoms with Crippen LogP contribution in [0.1, 0.15) is 11.3 Å². The molecule has 0 aliphatic carbocycles. The number of benzene rings is 1. The zero-order valence-electron chi connectivity index (χ0n) is 9.53. The van der Waals surface area contributed by atoms with Gasteiger partial charge in [-0.05, 0) is 30.7 Å². The summed E-state index contributed by atoms with van der Waals surface area (Å²) in [5, 5.41) is 7.82. The molecule has 0 saturated carbocycles. The number of aromatic nitrogens is 2. The lowest BCUT2D eigenvalue weighted by Gasteiger charge is -2.08. The van der Waals surface area contributed by atoms with Gasteiger partial charge < -0.3 is 10.1 Å². The van der Waals surface area contributed by atoms with Crippen LogP contribution in [0.2, 0.25) is 0 Å². The third-order valence-corrected chi connectivity index (χ3v) is 3.07. The van der Waals surface area contributed by atoms with E-state index in [9.17, 15) is 4.39 Å². The van der Waals surface area contributed by atoms with Crippen molar-refractivity contribution in [2.45, 2.75) is 13.5 Å². The average Bonchev–Trinajstić information content (AvgIpc) is 2.75. The lowest BCUT2D eigenvalue weighted by molar-refractivity contribution is 0.299. The van der Waals surface area contributed by atoms with Crippen LogP contribution in [0.5, 0.6) is 5.75 Å². The highest BCUT2D eigenvalue weighted by Crippen LogP contribution is 2.22. The Kier molecular flexibility index (Phi) is 3.53. The summed E-state index contributed by atoms with van der Waals surface area (Å²) in [5.74, 6) is 0.391. The molecule has 1 N–H and O–H groups in total. The number of hydrogen-bond donors (Lipinski definition) is 1. The summed E-state index contributed by atoms with van der Waals surface area (Å²) >= 11 is 1.28. The first-order chi connectivity index (χ1) is 8.20. The zero-order valence-corrected chi connectivity index (χ0v) is 10.3. The lowest BCUT2D eigenvalue weighted by atomic mass is 10.2. The molecule has 0 aliphatic heterocycles. The molecular weight excluding hydrogens is 241 g/mol. The van der Waals surface area contributed by atoms with Crippen LogP contribution in [0.3, 0.4) is 0 Å². The molecule has 0 fully saturated rings. The number of aryl methyl sites for hydroxylation is 1. The molecule has 2 aromatic rings. The Labute approximate surface area is 103 Å². The maximum absolute atomic E-state index is 12.9. The van der Waals surface area contributed by atoms with E-state index in [0.717, 1.165) is 16.3 Å². The summed E-state index contributed by atoms with van der Waals surface area (Å²) in [6, 6.07) is 4.43. The van der Waals surface area contributed by atoms with E-state index in [1.54, 1.807) is 13.0 Å². The van der Waals surface area contributed by atoms with E-state index in [-0.39, 0.29) is 5.82 Å². The van der Waals surface area contributed by atoms with Crippen molar-refractivity contribution >= 4 is 16.5 Å². The van der Waals surface area contributed by atoms with Gasteiger partial charge in [0.15, 0.2) is 0 Å². The fraction of sp³-hybridized carbons (Fsp3) is 0.273. The number of hydrogen-bond acceptors (Lipinski definition) is 5. The number of rotatable bonds is 4. The third kappa shape index (κ3) is 2.71. The van der Waals surface area contributed by atoms with Crippen molar-refractivity contribution in [3.63, 3.8) is 0 Å². The smallest absolute Gasteiger partial charge is 0.136 e. The summed E-state index contributed by atoms with van der Waals surface area (Å²) in [7, 11) is 1.81. The van der Waals surface area contributed by atoms with Gasteiger partial charge in [-0.15, -0.1) is 5.10 Å². The van der Waals surface area contributed by atoms with Crippen LogP contribution in [-0.2, 0) is 6.61 Å². The van der Waals surface area contributed by atoms with Crippen LogP contribution in [0.15, 0.2) is 18.2 Å². The monoisotopic (exact) mass is 253 g/mol. The van der Waals surface area contributed by atoms with Gasteiger partial charge in [-0.2, -0.15) is 0 Å². The normalized spacial score (nSPS) is 10.3. The maximum Gasteiger partial charge on any atom is 0.136 e. The highest BCUT2D eigenvalue weighted by Gasteiger charge is 2.08. The number of ether oxygens (including phenoxy) is 1. The van der Waals surface area contributed by atoms with E-state index in [1.165, 1.54) is 23.7 Å². The summed E-state index contributed by atoms with van der Waals surface area (Å²) in [5.41, 5.74) is 1.51. The summed E-state index contributed by atoms with van der Waals surface area (Å²) < 4.78 is 22.3. The van der Waals surface area contributed by atoms with Gasteiger partial charge in [0, 0.05) is 18.6 Å². The highest BCUT2D eigenvalue weighted by molar-refractivity contribution is 7.10. The Hall–Kier alpha value is -1.69. The van der Waals surface area contributed by atoms with Crippen molar-refractivity contribution < 1.29 is 9.13 Å². The van der Waals surface area contributed by atoms with Crippen LogP contribution in [-0.4, -0.2) is 16.6 Å². The quantitative estimate of drug-likeness (QED) is 0.909. The number of nitrogens with one attached hydrogen (secondary N) is 1. The number of nitrogens with zero attached hydrogens (tertiary/aromatic N) is 2. The zero-order chi connectivity index (χ0) is 12.3. The molecule has 1 heterocycles. The predicted octanol–water partition coefficient (Wildman–Crippen LogP) is 2.61. The first kappa shape index (κ1) is 11.8. The van der Waals surface area contributed by atoms with Gasteiger partial charge >= 0.3 is 0 Å². The summed E-state index contributed by atoms with van der Waals surface area (Å²) in [6.07, 6.45) is 0. The minimum absolute atomic E-state index is 0.263. The first-order valence-corrected chi connectivity index (χ1v) is 5.86. The third-order valence-electron chi connectivity index (χ3n) is 2.28. The predicted molar refractivity (Wildman–Crippen MR) is 64.9 cm³/mol. The van der Waals surface area contributed by atoms with Gasteiger partial charge in [-0.1, -0.05) is 4.49 Å². The molecule has 0 amide bonds. The molecule has 0 radical (unpaired) electrons. The number of halogens is 1. The van der Waals surface area contributed by atoms with Crippen molar-refractivity contribution in [1.82, 2.24) is 9.59 Å². The van der Waals surface area contributed by atoms with Crippen LogP contribution in [0, 0.1) is 12.7 Å². The minimum Gasteiger partial charge on any atom is -0.487 e. The van der Waals surface area contributed by atoms with Crippen molar-refractivity contribution in [2.75, 3.05) is 12.4 Å². The van der Waals surface area contributed by atoms with E-state index in [2.05, 4.69) is 14.9 Å². The minimum atomic E-state index is -0.263. The van der Waals surface area contributed by atoms with E-state index in [0.29, 0.717) is 12.4 Å². The van der Waals surface area contributed by atoms with Gasteiger partial charge in [-0.25, -0.2) is 4.39 Å². The van der Waals surface area contributed by atoms with E-state index >= 15 is 0 Å². The van der Waals surface area contributed by atoms with Crippen LogP contribution >= 0.6 is 11.5 Å². The summed E-state index contributed by atoms with van der Waals surface area (Å²) in [6.45, 7) is 2.12. The second kappa shape index (κ2) is 5.09. The standard InChI is InChI=1S/C11H12FN3OS/c1-7-5-8(12)3-4-10(7)16-6-9-11(13-2)17-15-14-9/h3-5,13H,6H2,1-2H3. The molecule has 0 aliphatic rings. The summed E-state index contributed by atoms with van der Waals surface area (Å²) in [4.78, 5) is 0. The fourth-order valence-corrected chi connectivity index (χ4v) is 1.93. The molecular formula is C11H12FN3OS. The Morgan fingerprint density at radius 2 is 2.29 bits per heavy atom. The van der Waals surface area contributed by atoms with Gasteiger partial charge in [0.25, 0.3) is 0 Å². The van der Waals surface area contributed by atoms with Crippen molar-refractivity contribution in [3.05, 3.63) is 35.3 Å². The Morgan fingerprint density at radius 1 is 1.47 bits per heavy atom. The molecule has 1 aromatic carbocycles. The van der Waals surface area contributed by atoms with E-state index in [4.69, 9.17) is 4.74 Å². The van der Waals surface area contributed by atoms with E-state index in [1.807, 2.05) is 7.05 Å². The van der Waals surface area contributed by atoms with E-state index < -0.39 is 0 Å². The van der Waals surface area contributed by atoms with Crippen molar-refractivity contribution in [2.24, 2.45) is 0 Å². The van der Waals surface area contributed by atoms with Gasteiger partial charge in [0.05, 0.1) is 0 Å². The molecule has 90 valence electrons. The molecule has 0 spiro atoms. The molecule has 0 unspecified atom stereocenters. The van der Waals surface area contributed by atoms with Crippen LogP contribution < -0.4 is 10.1 Å². The second-order valence-corrected chi connectivity index (χ2v) is 4.25. The molecule has 2 rings (SSSR count). The molecule has 17 heavy (non-hydrogen) atoms. The second-order valence-electron chi connectivity index (χ2n) is 3.50. The molecule has 4 nitrogen and oxygen atoms in total. The maximum atomic E-state index is 12.9. The van der Waals surface area contributed by atoms with Crippen LogP contribution in [0.25, 0.3) is 0 Å². The lowest BCUT2D eigenvalue weighted by Crippen LogP contribution is -2.00. The Balaban J connectivity index is 2.07. The van der Waals surface area contributed by atoms with Crippen molar-refractivity contribution in [3.8, 4) is 5.75 Å². The van der Waals surface area contributed by atoms with Gasteiger partial charge in [-0.3, -0.25) is 0 Å². The molecule has 6 heteroatoms. The molecule has 0 bridgehead atoms. The van der Waals surface area contributed by atoms with Crippen LogP contribution in [0.4, 0.5) is 9.39 Å². The molecule has 0 atom stereocenters. The fourth-order valence-electron chi connectivity index (χ4n) is 1.41. The molecule has 1 aromatic heterocycles. The van der Waals surface area contributed by atoms with Crippen molar-refractivity contribution in [1.29, 1.82) is 0 Å². The van der Waals surface area contributed by atoms with Gasteiger partial charge in [0.2, 0.25) is 0 Å². The SMILES string of the molecule is CNc1snnc1COc1ccc(F)cc1C. The largest absolute Gasteiger partial charge is 0.487 e. The average molecular weight is 253 g/mol. The topological polar surface area (TPSA) is 47.0 Å². The Morgan fingerprint density at radius 3 is 3.00 bits per heavy atom. The molecule has 0 saturated heterocycles. The Bertz CT molecular complexity index is 515. The number of anilines is 1. The first-order valence-electron chi connectivity index (χ1n) is 5.08. The highest BCUT2D eigenvalue weighted by atomic mass is 32.1.